The van der Waals surface area contributed by atoms with E-state index < -0.39 is 0 Å². The second-order valence-electron chi connectivity index (χ2n) is 3.71. The highest BCUT2D eigenvalue weighted by atomic mass is 16.5. The number of aromatic hydroxyl groups is 2. The van der Waals surface area contributed by atoms with Crippen molar-refractivity contribution < 1.29 is 24.9 Å². The van der Waals surface area contributed by atoms with Crippen LogP contribution < -0.4 is 0 Å². The fraction of sp³-hybridized carbons (Fsp3) is 0.417. The number of hydrogen-bond acceptors (Lipinski definition) is 5. The third-order valence-corrected chi connectivity index (χ3v) is 2.44. The fourth-order valence-electron chi connectivity index (χ4n) is 1.48. The quantitative estimate of drug-likeness (QED) is 0.631. The molecule has 0 bridgehead atoms. The molecule has 0 fully saturated rings. The first-order chi connectivity index (χ1) is 8.60. The number of nitrogens with zero attached hydrogens (tertiary/aromatic N) is 1. The van der Waals surface area contributed by atoms with Crippen molar-refractivity contribution in [2.24, 2.45) is 0 Å². The van der Waals surface area contributed by atoms with Gasteiger partial charge < -0.3 is 25.0 Å². The zero-order valence-corrected chi connectivity index (χ0v) is 10.2. The van der Waals surface area contributed by atoms with Gasteiger partial charge in [0.15, 0.2) is 11.5 Å². The van der Waals surface area contributed by atoms with Crippen LogP contribution in [0.5, 0.6) is 11.5 Å². The van der Waals surface area contributed by atoms with Gasteiger partial charge in [0.25, 0.3) is 5.91 Å². The number of carbonyl (C=O) groups excluding carboxylic acids is 1. The lowest BCUT2D eigenvalue weighted by Crippen LogP contribution is -2.36. The summed E-state index contributed by atoms with van der Waals surface area (Å²) < 4.78 is 4.88. The summed E-state index contributed by atoms with van der Waals surface area (Å²) in [5.74, 6) is -0.968. The summed E-state index contributed by atoms with van der Waals surface area (Å²) in [5, 5.41) is 27.4. The Balaban J connectivity index is 2.83. The molecule has 1 aromatic carbocycles. The van der Waals surface area contributed by atoms with Crippen LogP contribution in [0.3, 0.4) is 0 Å². The number of aliphatic hydroxyl groups excluding tert-OH is 1. The van der Waals surface area contributed by atoms with E-state index in [9.17, 15) is 15.0 Å². The van der Waals surface area contributed by atoms with Crippen LogP contribution in [0.25, 0.3) is 0 Å². The SMILES string of the molecule is COCCN(CCO)C(=O)c1ccc(O)c(O)c1. The number of phenols is 2. The highest BCUT2D eigenvalue weighted by Crippen LogP contribution is 2.25. The molecule has 0 radical (unpaired) electrons. The van der Waals surface area contributed by atoms with Gasteiger partial charge >= 0.3 is 0 Å². The van der Waals surface area contributed by atoms with Crippen LogP contribution in [0.1, 0.15) is 10.4 Å². The standard InChI is InChI=1S/C12H17NO5/c1-18-7-5-13(4-6-14)12(17)9-2-3-10(15)11(16)8-9/h2-3,8,14-16H,4-7H2,1H3. The fourth-order valence-corrected chi connectivity index (χ4v) is 1.48. The highest BCUT2D eigenvalue weighted by Gasteiger charge is 2.16. The first kappa shape index (κ1) is 14.3. The average Bonchev–Trinajstić information content (AvgIpc) is 2.37. The van der Waals surface area contributed by atoms with Gasteiger partial charge in [0.2, 0.25) is 0 Å². The summed E-state index contributed by atoms with van der Waals surface area (Å²) in [6.45, 7) is 0.733. The molecule has 18 heavy (non-hydrogen) atoms. The van der Waals surface area contributed by atoms with Gasteiger partial charge in [-0.1, -0.05) is 0 Å². The van der Waals surface area contributed by atoms with E-state index in [2.05, 4.69) is 0 Å². The molecule has 3 N–H and O–H groups in total. The first-order valence-corrected chi connectivity index (χ1v) is 5.51. The Bertz CT molecular complexity index is 407. The Morgan fingerprint density at radius 2 is 2.00 bits per heavy atom. The summed E-state index contributed by atoms with van der Waals surface area (Å²) >= 11 is 0. The molecule has 0 saturated heterocycles. The van der Waals surface area contributed by atoms with Gasteiger partial charge in [-0.05, 0) is 18.2 Å². The molecule has 1 rings (SSSR count). The van der Waals surface area contributed by atoms with E-state index in [1.54, 1.807) is 0 Å². The zero-order valence-electron chi connectivity index (χ0n) is 10.2. The van der Waals surface area contributed by atoms with Crippen LogP contribution in [0, 0.1) is 0 Å². The third kappa shape index (κ3) is 3.61. The number of methoxy groups -OCH3 is 1. The van der Waals surface area contributed by atoms with Gasteiger partial charge in [-0.3, -0.25) is 4.79 Å². The lowest BCUT2D eigenvalue weighted by Gasteiger charge is -2.21. The molecule has 1 aromatic rings. The molecule has 0 aliphatic rings. The molecule has 6 nitrogen and oxygen atoms in total. The number of hydrogen-bond donors (Lipinski definition) is 3. The topological polar surface area (TPSA) is 90.2 Å². The van der Waals surface area contributed by atoms with Crippen molar-refractivity contribution in [2.45, 2.75) is 0 Å². The van der Waals surface area contributed by atoms with Gasteiger partial charge in [0.1, 0.15) is 0 Å². The molecule has 6 heteroatoms. The van der Waals surface area contributed by atoms with E-state index in [4.69, 9.17) is 9.84 Å². The van der Waals surface area contributed by atoms with Crippen molar-refractivity contribution in [2.75, 3.05) is 33.4 Å². The monoisotopic (exact) mass is 255 g/mol. The molecule has 0 aromatic heterocycles. The number of ether oxygens (including phenoxy) is 1. The summed E-state index contributed by atoms with van der Waals surface area (Å²) in [5.41, 5.74) is 0.245. The number of carbonyl (C=O) groups is 1. The molecular weight excluding hydrogens is 238 g/mol. The highest BCUT2D eigenvalue weighted by molar-refractivity contribution is 5.94. The largest absolute Gasteiger partial charge is 0.504 e. The van der Waals surface area contributed by atoms with Gasteiger partial charge in [-0.2, -0.15) is 0 Å². The van der Waals surface area contributed by atoms with Gasteiger partial charge in [0.05, 0.1) is 13.2 Å². The number of rotatable bonds is 6. The molecule has 1 amide bonds. The number of aliphatic hydroxyl groups is 1. The third-order valence-electron chi connectivity index (χ3n) is 2.44. The Morgan fingerprint density at radius 3 is 2.56 bits per heavy atom. The second kappa shape index (κ2) is 6.83. The van der Waals surface area contributed by atoms with Gasteiger partial charge in [-0.25, -0.2) is 0 Å². The molecule has 100 valence electrons. The Kier molecular flexibility index (Phi) is 5.41. The summed E-state index contributed by atoms with van der Waals surface area (Å²) in [4.78, 5) is 13.5. The van der Waals surface area contributed by atoms with Crippen LogP contribution in [-0.4, -0.2) is 59.5 Å². The predicted octanol–water partition coefficient (Wildman–Crippen LogP) is 0.179. The second-order valence-corrected chi connectivity index (χ2v) is 3.71. The van der Waals surface area contributed by atoms with Crippen molar-refractivity contribution in [1.29, 1.82) is 0 Å². The molecule has 0 atom stereocenters. The first-order valence-electron chi connectivity index (χ1n) is 5.51. The smallest absolute Gasteiger partial charge is 0.254 e. The Hall–Kier alpha value is -1.79. The molecule has 0 unspecified atom stereocenters. The molecule has 0 heterocycles. The number of benzene rings is 1. The van der Waals surface area contributed by atoms with E-state index in [-0.39, 0.29) is 36.1 Å². The van der Waals surface area contributed by atoms with Crippen LogP contribution >= 0.6 is 0 Å². The summed E-state index contributed by atoms with van der Waals surface area (Å²) in [6.07, 6.45) is 0. The predicted molar refractivity (Wildman–Crippen MR) is 64.6 cm³/mol. The van der Waals surface area contributed by atoms with Crippen LogP contribution in [0.15, 0.2) is 18.2 Å². The van der Waals surface area contributed by atoms with E-state index in [0.717, 1.165) is 0 Å². The van der Waals surface area contributed by atoms with Crippen molar-refractivity contribution in [3.05, 3.63) is 23.8 Å². The number of phenolic OH excluding ortho intramolecular Hbond substituents is 2. The normalized spacial score (nSPS) is 10.3. The minimum absolute atomic E-state index is 0.153. The molecular formula is C12H17NO5. The van der Waals surface area contributed by atoms with E-state index in [1.165, 1.54) is 30.2 Å². The number of amides is 1. The molecule has 0 aliphatic carbocycles. The van der Waals surface area contributed by atoms with Crippen LogP contribution in [0.4, 0.5) is 0 Å². The van der Waals surface area contributed by atoms with E-state index in [0.29, 0.717) is 13.2 Å². The van der Waals surface area contributed by atoms with Crippen molar-refractivity contribution in [3.63, 3.8) is 0 Å². The molecule has 0 saturated carbocycles. The maximum Gasteiger partial charge on any atom is 0.254 e. The van der Waals surface area contributed by atoms with Crippen LogP contribution in [-0.2, 0) is 4.74 Å². The van der Waals surface area contributed by atoms with Crippen molar-refractivity contribution >= 4 is 5.91 Å². The van der Waals surface area contributed by atoms with Crippen molar-refractivity contribution in [3.8, 4) is 11.5 Å². The van der Waals surface area contributed by atoms with Crippen molar-refractivity contribution in [1.82, 2.24) is 4.90 Å². The van der Waals surface area contributed by atoms with Crippen LogP contribution in [0.2, 0.25) is 0 Å². The molecule has 0 spiro atoms. The van der Waals surface area contributed by atoms with E-state index >= 15 is 0 Å². The lowest BCUT2D eigenvalue weighted by atomic mass is 10.1. The Morgan fingerprint density at radius 1 is 1.28 bits per heavy atom. The maximum absolute atomic E-state index is 12.1. The summed E-state index contributed by atoms with van der Waals surface area (Å²) in [7, 11) is 1.52. The minimum Gasteiger partial charge on any atom is -0.504 e. The maximum atomic E-state index is 12.1. The van der Waals surface area contributed by atoms with Gasteiger partial charge in [-0.15, -0.1) is 0 Å². The van der Waals surface area contributed by atoms with E-state index in [1.807, 2.05) is 0 Å². The summed E-state index contributed by atoms with van der Waals surface area (Å²) in [6, 6.07) is 3.85. The lowest BCUT2D eigenvalue weighted by molar-refractivity contribution is 0.0656. The average molecular weight is 255 g/mol. The zero-order chi connectivity index (χ0) is 13.5. The van der Waals surface area contributed by atoms with Gasteiger partial charge in [0, 0.05) is 25.8 Å². The minimum atomic E-state index is -0.350. The Labute approximate surface area is 105 Å². The molecule has 0 aliphatic heterocycles.